The van der Waals surface area contributed by atoms with Crippen molar-refractivity contribution in [1.82, 2.24) is 14.9 Å². The smallest absolute Gasteiger partial charge is 0.337 e. The minimum absolute atomic E-state index is 0.165. The van der Waals surface area contributed by atoms with Gasteiger partial charge in [-0.15, -0.1) is 0 Å². The number of H-pyrrole nitrogens is 1. The minimum atomic E-state index is -0.371. The number of carbonyl (C=O) groups excluding carboxylic acids is 2. The van der Waals surface area contributed by atoms with Gasteiger partial charge in [-0.05, 0) is 30.3 Å². The SMILES string of the molecule is COC(=O)c1ccc2[nH]c3c(c2c1)CN(C(=O)Nc1cccnc1)CC3. The number of hydrogen-bond donors (Lipinski definition) is 2. The summed E-state index contributed by atoms with van der Waals surface area (Å²) in [6, 6.07) is 8.84. The van der Waals surface area contributed by atoms with E-state index in [9.17, 15) is 9.59 Å². The highest BCUT2D eigenvalue weighted by Crippen LogP contribution is 2.29. The third kappa shape index (κ3) is 2.88. The van der Waals surface area contributed by atoms with Crippen molar-refractivity contribution in [2.24, 2.45) is 0 Å². The monoisotopic (exact) mass is 350 g/mol. The van der Waals surface area contributed by atoms with Crippen LogP contribution in [0.4, 0.5) is 10.5 Å². The molecule has 0 bridgehead atoms. The van der Waals surface area contributed by atoms with Crippen LogP contribution in [0, 0.1) is 0 Å². The Labute approximate surface area is 150 Å². The molecule has 0 spiro atoms. The highest BCUT2D eigenvalue weighted by atomic mass is 16.5. The van der Waals surface area contributed by atoms with Gasteiger partial charge in [0.05, 0.1) is 24.6 Å². The van der Waals surface area contributed by atoms with Gasteiger partial charge >= 0.3 is 12.0 Å². The van der Waals surface area contributed by atoms with Crippen LogP contribution in [0.5, 0.6) is 0 Å². The van der Waals surface area contributed by atoms with E-state index in [2.05, 4.69) is 15.3 Å². The van der Waals surface area contributed by atoms with Gasteiger partial charge in [0.25, 0.3) is 0 Å². The number of pyridine rings is 1. The number of hydrogen-bond acceptors (Lipinski definition) is 4. The Kier molecular flexibility index (Phi) is 4.04. The lowest BCUT2D eigenvalue weighted by atomic mass is 10.0. The molecule has 2 N–H and O–H groups in total. The first kappa shape index (κ1) is 16.1. The van der Waals surface area contributed by atoms with Gasteiger partial charge in [-0.3, -0.25) is 4.98 Å². The summed E-state index contributed by atoms with van der Waals surface area (Å²) in [5, 5.41) is 3.81. The second kappa shape index (κ2) is 6.51. The first-order chi connectivity index (χ1) is 12.7. The van der Waals surface area contributed by atoms with Gasteiger partial charge in [0.2, 0.25) is 0 Å². The van der Waals surface area contributed by atoms with Crippen LogP contribution in [0.15, 0.2) is 42.7 Å². The maximum Gasteiger partial charge on any atom is 0.337 e. The van der Waals surface area contributed by atoms with E-state index in [1.165, 1.54) is 7.11 Å². The lowest BCUT2D eigenvalue weighted by molar-refractivity contribution is 0.0601. The Balaban J connectivity index is 1.60. The van der Waals surface area contributed by atoms with Crippen molar-refractivity contribution < 1.29 is 14.3 Å². The number of esters is 1. The molecule has 0 fully saturated rings. The molecule has 2 aromatic heterocycles. The van der Waals surface area contributed by atoms with E-state index >= 15 is 0 Å². The molecule has 7 heteroatoms. The zero-order valence-corrected chi connectivity index (χ0v) is 14.3. The molecule has 2 amide bonds. The number of nitrogens with zero attached hydrogens (tertiary/aromatic N) is 2. The number of methoxy groups -OCH3 is 1. The van der Waals surface area contributed by atoms with Gasteiger partial charge in [0.15, 0.2) is 0 Å². The molecule has 4 rings (SSSR count). The molecule has 7 nitrogen and oxygen atoms in total. The van der Waals surface area contributed by atoms with Crippen molar-refractivity contribution in [3.63, 3.8) is 0 Å². The summed E-state index contributed by atoms with van der Waals surface area (Å²) in [4.78, 5) is 33.5. The summed E-state index contributed by atoms with van der Waals surface area (Å²) in [6.07, 6.45) is 4.01. The first-order valence-corrected chi connectivity index (χ1v) is 8.33. The Morgan fingerprint density at radius 3 is 2.96 bits per heavy atom. The van der Waals surface area contributed by atoms with Gasteiger partial charge in [0, 0.05) is 47.9 Å². The van der Waals surface area contributed by atoms with Crippen molar-refractivity contribution >= 4 is 28.6 Å². The Bertz CT molecular complexity index is 981. The molecule has 0 radical (unpaired) electrons. The van der Waals surface area contributed by atoms with E-state index in [4.69, 9.17) is 4.74 Å². The fourth-order valence-electron chi connectivity index (χ4n) is 3.27. The summed E-state index contributed by atoms with van der Waals surface area (Å²) < 4.78 is 4.80. The van der Waals surface area contributed by atoms with Crippen LogP contribution < -0.4 is 5.32 Å². The number of aromatic nitrogens is 2. The van der Waals surface area contributed by atoms with Crippen molar-refractivity contribution in [2.45, 2.75) is 13.0 Å². The lowest BCUT2D eigenvalue weighted by Gasteiger charge is -2.27. The summed E-state index contributed by atoms with van der Waals surface area (Å²) in [5.41, 5.74) is 4.26. The van der Waals surface area contributed by atoms with E-state index < -0.39 is 0 Å². The Morgan fingerprint density at radius 2 is 2.19 bits per heavy atom. The molecule has 0 saturated carbocycles. The van der Waals surface area contributed by atoms with E-state index in [-0.39, 0.29) is 12.0 Å². The number of aromatic amines is 1. The third-order valence-corrected chi connectivity index (χ3v) is 4.60. The molecule has 3 heterocycles. The topological polar surface area (TPSA) is 87.3 Å². The van der Waals surface area contributed by atoms with Crippen LogP contribution in [0.2, 0.25) is 0 Å². The Morgan fingerprint density at radius 1 is 1.31 bits per heavy atom. The summed E-state index contributed by atoms with van der Waals surface area (Å²) in [5.74, 6) is -0.371. The average molecular weight is 350 g/mol. The molecule has 1 aliphatic rings. The quantitative estimate of drug-likeness (QED) is 0.696. The van der Waals surface area contributed by atoms with Crippen molar-refractivity contribution in [2.75, 3.05) is 19.0 Å². The van der Waals surface area contributed by atoms with Crippen LogP contribution in [0.25, 0.3) is 10.9 Å². The highest BCUT2D eigenvalue weighted by Gasteiger charge is 2.24. The van der Waals surface area contributed by atoms with E-state index in [0.29, 0.717) is 24.3 Å². The fourth-order valence-corrected chi connectivity index (χ4v) is 3.27. The molecular formula is C19H18N4O3. The number of carbonyl (C=O) groups is 2. The first-order valence-electron chi connectivity index (χ1n) is 8.33. The molecule has 3 aromatic rings. The van der Waals surface area contributed by atoms with Gasteiger partial charge in [-0.25, -0.2) is 9.59 Å². The van der Waals surface area contributed by atoms with Crippen LogP contribution in [0.3, 0.4) is 0 Å². The summed E-state index contributed by atoms with van der Waals surface area (Å²) >= 11 is 0. The number of nitrogens with one attached hydrogen (secondary N) is 2. The van der Waals surface area contributed by atoms with Gasteiger partial charge in [-0.2, -0.15) is 0 Å². The number of amides is 2. The maximum absolute atomic E-state index is 12.6. The zero-order valence-electron chi connectivity index (χ0n) is 14.3. The summed E-state index contributed by atoms with van der Waals surface area (Å²) in [7, 11) is 1.36. The van der Waals surface area contributed by atoms with Crippen molar-refractivity contribution in [3.8, 4) is 0 Å². The predicted molar refractivity (Wildman–Crippen MR) is 97.0 cm³/mol. The van der Waals surface area contributed by atoms with E-state index in [1.807, 2.05) is 12.1 Å². The maximum atomic E-state index is 12.6. The van der Waals surface area contributed by atoms with Gasteiger partial charge < -0.3 is 19.9 Å². The molecular weight excluding hydrogens is 332 g/mol. The third-order valence-electron chi connectivity index (χ3n) is 4.60. The molecule has 0 saturated heterocycles. The molecule has 26 heavy (non-hydrogen) atoms. The van der Waals surface area contributed by atoms with Gasteiger partial charge in [0.1, 0.15) is 0 Å². The average Bonchev–Trinajstić information content (AvgIpc) is 3.05. The van der Waals surface area contributed by atoms with Crippen LogP contribution in [-0.4, -0.2) is 40.5 Å². The number of urea groups is 1. The highest BCUT2D eigenvalue weighted by molar-refractivity contribution is 5.96. The normalized spacial score (nSPS) is 13.3. The molecule has 0 atom stereocenters. The number of ether oxygens (including phenoxy) is 1. The molecule has 0 aliphatic carbocycles. The molecule has 0 unspecified atom stereocenters. The molecule has 1 aliphatic heterocycles. The Hall–Kier alpha value is -3.35. The standard InChI is InChI=1S/C19H18N4O3/c1-26-18(24)12-4-5-16-14(9-12)15-11-23(8-6-17(15)22-16)19(25)21-13-3-2-7-20-10-13/h2-5,7,9-10,22H,6,8,11H2,1H3,(H,21,25). The summed E-state index contributed by atoms with van der Waals surface area (Å²) in [6.45, 7) is 1.10. The number of fused-ring (bicyclic) bond motifs is 3. The van der Waals surface area contributed by atoms with Crippen LogP contribution in [-0.2, 0) is 17.7 Å². The van der Waals surface area contributed by atoms with Gasteiger partial charge in [-0.1, -0.05) is 0 Å². The number of benzene rings is 1. The number of anilines is 1. The lowest BCUT2D eigenvalue weighted by Crippen LogP contribution is -2.38. The number of rotatable bonds is 2. The molecule has 1 aromatic carbocycles. The minimum Gasteiger partial charge on any atom is -0.465 e. The zero-order chi connectivity index (χ0) is 18.1. The van der Waals surface area contributed by atoms with E-state index in [1.54, 1.807) is 35.5 Å². The van der Waals surface area contributed by atoms with Crippen LogP contribution in [0.1, 0.15) is 21.6 Å². The van der Waals surface area contributed by atoms with E-state index in [0.717, 1.165) is 28.6 Å². The fraction of sp³-hybridized carbons (Fsp3) is 0.211. The molecule has 132 valence electrons. The second-order valence-corrected chi connectivity index (χ2v) is 6.18. The predicted octanol–water partition coefficient (Wildman–Crippen LogP) is 2.94. The largest absolute Gasteiger partial charge is 0.465 e. The second-order valence-electron chi connectivity index (χ2n) is 6.18. The van der Waals surface area contributed by atoms with Crippen molar-refractivity contribution in [3.05, 3.63) is 59.5 Å². The van der Waals surface area contributed by atoms with Crippen molar-refractivity contribution in [1.29, 1.82) is 0 Å². The van der Waals surface area contributed by atoms with Crippen LogP contribution >= 0.6 is 0 Å².